The lowest BCUT2D eigenvalue weighted by molar-refractivity contribution is -0.385. The highest BCUT2D eigenvalue weighted by Gasteiger charge is 2.31. The molecular formula is C15H18N4O5S. The van der Waals surface area contributed by atoms with E-state index in [1.165, 1.54) is 10.9 Å². The van der Waals surface area contributed by atoms with Crippen LogP contribution in [0.2, 0.25) is 0 Å². The molecule has 25 heavy (non-hydrogen) atoms. The first-order valence-corrected chi connectivity index (χ1v) is 9.59. The third-order valence-corrected chi connectivity index (χ3v) is 6.24. The number of rotatable bonds is 5. The van der Waals surface area contributed by atoms with Crippen LogP contribution in [0, 0.1) is 24.0 Å². The summed E-state index contributed by atoms with van der Waals surface area (Å²) >= 11 is 0. The summed E-state index contributed by atoms with van der Waals surface area (Å²) in [5, 5.41) is 14.5. The van der Waals surface area contributed by atoms with Crippen LogP contribution < -0.4 is 0 Å². The summed E-state index contributed by atoms with van der Waals surface area (Å²) in [4.78, 5) is 22.7. The van der Waals surface area contributed by atoms with Gasteiger partial charge in [0.1, 0.15) is 18.9 Å². The number of ketones is 1. The number of Topliss-reactive ketones (excluding diaryl/α,β-unsaturated/α-hetero) is 1. The molecule has 9 nitrogen and oxygen atoms in total. The number of nitrogens with zero attached hydrogens (tertiary/aromatic N) is 4. The molecule has 1 unspecified atom stereocenters. The predicted octanol–water partition coefficient (Wildman–Crippen LogP) is 1.45. The van der Waals surface area contributed by atoms with Gasteiger partial charge in [-0.2, -0.15) is 5.10 Å². The number of hydrogen-bond donors (Lipinski definition) is 0. The summed E-state index contributed by atoms with van der Waals surface area (Å²) in [7, 11) is -3.03. The van der Waals surface area contributed by atoms with Crippen LogP contribution in [0.15, 0.2) is 18.5 Å². The topological polar surface area (TPSA) is 117 Å². The third kappa shape index (κ3) is 3.34. The molecule has 0 radical (unpaired) electrons. The maximum absolute atomic E-state index is 12.6. The quantitative estimate of drug-likeness (QED) is 0.449. The molecule has 0 saturated carbocycles. The molecule has 1 saturated heterocycles. The van der Waals surface area contributed by atoms with Crippen molar-refractivity contribution in [2.75, 3.05) is 11.5 Å². The summed E-state index contributed by atoms with van der Waals surface area (Å²) in [6.07, 6.45) is 2.85. The lowest BCUT2D eigenvalue weighted by Crippen LogP contribution is -2.15. The third-order valence-electron chi connectivity index (χ3n) is 4.49. The minimum Gasteiger partial charge on any atom is -0.344 e. The summed E-state index contributed by atoms with van der Waals surface area (Å²) in [6, 6.07) is 1.58. The average molecular weight is 366 g/mol. The van der Waals surface area contributed by atoms with Crippen molar-refractivity contribution >= 4 is 21.3 Å². The molecule has 1 fully saturated rings. The molecule has 3 rings (SSSR count). The van der Waals surface area contributed by atoms with E-state index in [-0.39, 0.29) is 35.6 Å². The van der Waals surface area contributed by atoms with E-state index >= 15 is 0 Å². The molecule has 0 aromatic carbocycles. The second-order valence-corrected chi connectivity index (χ2v) is 8.52. The number of sulfone groups is 1. The summed E-state index contributed by atoms with van der Waals surface area (Å²) in [5.74, 6) is 0.0234. The van der Waals surface area contributed by atoms with Gasteiger partial charge in [0.25, 0.3) is 0 Å². The lowest BCUT2D eigenvalue weighted by atomic mass is 10.1. The van der Waals surface area contributed by atoms with Crippen LogP contribution in [0.4, 0.5) is 5.69 Å². The van der Waals surface area contributed by atoms with Gasteiger partial charge in [-0.05, 0) is 26.3 Å². The van der Waals surface area contributed by atoms with Gasteiger partial charge in [0.15, 0.2) is 15.6 Å². The Morgan fingerprint density at radius 3 is 2.72 bits per heavy atom. The Morgan fingerprint density at radius 1 is 1.44 bits per heavy atom. The van der Waals surface area contributed by atoms with E-state index in [4.69, 9.17) is 0 Å². The number of aromatic nitrogens is 3. The van der Waals surface area contributed by atoms with Gasteiger partial charge in [0, 0.05) is 23.0 Å². The second kappa shape index (κ2) is 6.10. The number of hydrogen-bond acceptors (Lipinski definition) is 6. The highest BCUT2D eigenvalue weighted by atomic mass is 32.2. The van der Waals surface area contributed by atoms with Crippen molar-refractivity contribution < 1.29 is 18.1 Å². The molecule has 134 valence electrons. The first kappa shape index (κ1) is 17.3. The van der Waals surface area contributed by atoms with Gasteiger partial charge in [0.05, 0.1) is 16.4 Å². The van der Waals surface area contributed by atoms with Gasteiger partial charge < -0.3 is 4.57 Å². The molecule has 10 heteroatoms. The van der Waals surface area contributed by atoms with E-state index < -0.39 is 14.8 Å². The second-order valence-electron chi connectivity index (χ2n) is 6.29. The molecule has 0 spiro atoms. The molecule has 1 aliphatic heterocycles. The fraction of sp³-hybridized carbons (Fsp3) is 0.467. The predicted molar refractivity (Wildman–Crippen MR) is 89.4 cm³/mol. The van der Waals surface area contributed by atoms with Gasteiger partial charge in [-0.15, -0.1) is 0 Å². The molecule has 3 heterocycles. The molecule has 0 amide bonds. The Balaban J connectivity index is 1.84. The van der Waals surface area contributed by atoms with Crippen LogP contribution in [0.5, 0.6) is 0 Å². The van der Waals surface area contributed by atoms with E-state index in [1.807, 2.05) is 11.5 Å². The van der Waals surface area contributed by atoms with Crippen molar-refractivity contribution in [3.8, 4) is 0 Å². The van der Waals surface area contributed by atoms with Crippen molar-refractivity contribution in [3.63, 3.8) is 0 Å². The fourth-order valence-corrected chi connectivity index (χ4v) is 5.07. The van der Waals surface area contributed by atoms with Crippen LogP contribution in [-0.2, 0) is 16.4 Å². The Kier molecular flexibility index (Phi) is 4.23. The zero-order valence-corrected chi connectivity index (χ0v) is 14.7. The van der Waals surface area contributed by atoms with Crippen LogP contribution in [0.3, 0.4) is 0 Å². The fourth-order valence-electron chi connectivity index (χ4n) is 3.37. The maximum Gasteiger partial charge on any atom is 0.307 e. The summed E-state index contributed by atoms with van der Waals surface area (Å²) < 4.78 is 26.6. The first-order valence-electron chi connectivity index (χ1n) is 7.77. The minimum absolute atomic E-state index is 0.0857. The molecule has 2 aromatic heterocycles. The Labute approximate surface area is 144 Å². The Morgan fingerprint density at radius 2 is 2.16 bits per heavy atom. The number of aryl methyl sites for hydroxylation is 1. The number of nitro groups is 1. The van der Waals surface area contributed by atoms with Crippen LogP contribution in [-0.4, -0.2) is 45.0 Å². The largest absolute Gasteiger partial charge is 0.344 e. The Hall–Kier alpha value is -2.49. The van der Waals surface area contributed by atoms with E-state index in [2.05, 4.69) is 5.10 Å². The van der Waals surface area contributed by atoms with Crippen molar-refractivity contribution in [2.24, 2.45) is 0 Å². The zero-order valence-electron chi connectivity index (χ0n) is 13.9. The number of carbonyl (C=O) groups is 1. The van der Waals surface area contributed by atoms with Gasteiger partial charge in [0.2, 0.25) is 0 Å². The molecule has 2 aromatic rings. The zero-order chi connectivity index (χ0) is 18.4. The van der Waals surface area contributed by atoms with Crippen LogP contribution >= 0.6 is 0 Å². The summed E-state index contributed by atoms with van der Waals surface area (Å²) in [6.45, 7) is 3.52. The lowest BCUT2D eigenvalue weighted by Gasteiger charge is -2.16. The van der Waals surface area contributed by atoms with E-state index in [1.54, 1.807) is 13.0 Å². The first-order chi connectivity index (χ1) is 11.7. The normalized spacial score (nSPS) is 19.2. The molecule has 1 aliphatic rings. The molecule has 1 atom stereocenters. The van der Waals surface area contributed by atoms with Crippen molar-refractivity contribution in [3.05, 3.63) is 45.5 Å². The molecule has 0 bridgehead atoms. The van der Waals surface area contributed by atoms with Crippen molar-refractivity contribution in [1.82, 2.24) is 14.3 Å². The molecule has 0 aliphatic carbocycles. The van der Waals surface area contributed by atoms with E-state index in [0.717, 1.165) is 11.9 Å². The standard InChI is InChI=1S/C15H18N4O5S/c1-10-5-14(11(2)18(10)12-3-4-25(23,24)9-12)15(20)8-17-7-13(6-16-17)19(21)22/h5-7,12H,3-4,8-9H2,1-2H3. The van der Waals surface area contributed by atoms with Gasteiger partial charge >= 0.3 is 5.69 Å². The number of carbonyl (C=O) groups excluding carboxylic acids is 1. The van der Waals surface area contributed by atoms with Gasteiger partial charge in [-0.3, -0.25) is 19.6 Å². The van der Waals surface area contributed by atoms with Gasteiger partial charge in [-0.1, -0.05) is 0 Å². The smallest absolute Gasteiger partial charge is 0.307 e. The maximum atomic E-state index is 12.6. The van der Waals surface area contributed by atoms with Crippen molar-refractivity contribution in [2.45, 2.75) is 32.9 Å². The van der Waals surface area contributed by atoms with E-state index in [0.29, 0.717) is 17.7 Å². The van der Waals surface area contributed by atoms with Crippen LogP contribution in [0.1, 0.15) is 34.2 Å². The highest BCUT2D eigenvalue weighted by molar-refractivity contribution is 7.91. The monoisotopic (exact) mass is 366 g/mol. The average Bonchev–Trinajstić information content (AvgIpc) is 3.18. The molecule has 0 N–H and O–H groups in total. The van der Waals surface area contributed by atoms with Crippen molar-refractivity contribution in [1.29, 1.82) is 0 Å². The van der Waals surface area contributed by atoms with E-state index in [9.17, 15) is 23.3 Å². The van der Waals surface area contributed by atoms with Crippen LogP contribution in [0.25, 0.3) is 0 Å². The SMILES string of the molecule is Cc1cc(C(=O)Cn2cc([N+](=O)[O-])cn2)c(C)n1C1CCS(=O)(=O)C1. The summed E-state index contributed by atoms with van der Waals surface area (Å²) in [5.41, 5.74) is 1.86. The highest BCUT2D eigenvalue weighted by Crippen LogP contribution is 2.29. The molecular weight excluding hydrogens is 348 g/mol. The van der Waals surface area contributed by atoms with Gasteiger partial charge in [-0.25, -0.2) is 8.42 Å². The minimum atomic E-state index is -3.03. The Bertz CT molecular complexity index is 957.